The molecule has 35 heavy (non-hydrogen) atoms. The van der Waals surface area contributed by atoms with Gasteiger partial charge < -0.3 is 14.5 Å². The molecule has 1 aliphatic rings. The van der Waals surface area contributed by atoms with E-state index in [9.17, 15) is 13.2 Å². The number of furan rings is 1. The molecule has 0 saturated carbocycles. The number of carbonyl (C=O) groups is 1. The van der Waals surface area contributed by atoms with E-state index >= 15 is 0 Å². The van der Waals surface area contributed by atoms with Gasteiger partial charge in [-0.3, -0.25) is 4.79 Å². The number of hydrogen-bond acceptors (Lipinski definition) is 6. The van der Waals surface area contributed by atoms with Gasteiger partial charge in [-0.1, -0.05) is 30.3 Å². The van der Waals surface area contributed by atoms with E-state index in [1.165, 1.54) is 4.31 Å². The summed E-state index contributed by atoms with van der Waals surface area (Å²) in [5, 5.41) is 3.68. The Hall–Kier alpha value is -3.53. The van der Waals surface area contributed by atoms with Crippen molar-refractivity contribution in [1.29, 1.82) is 0 Å². The molecular weight excluding hydrogens is 466 g/mol. The fourth-order valence-corrected chi connectivity index (χ4v) is 5.46. The Kier molecular flexibility index (Phi) is 6.38. The first-order valence-corrected chi connectivity index (χ1v) is 12.8. The molecule has 9 heteroatoms. The summed E-state index contributed by atoms with van der Waals surface area (Å²) in [5.41, 5.74) is 2.56. The van der Waals surface area contributed by atoms with Gasteiger partial charge in [-0.2, -0.15) is 4.31 Å². The lowest BCUT2D eigenvalue weighted by Crippen LogP contribution is -2.40. The van der Waals surface area contributed by atoms with Crippen LogP contribution in [0.1, 0.15) is 21.7 Å². The Morgan fingerprint density at radius 1 is 1.03 bits per heavy atom. The third kappa shape index (κ3) is 4.84. The van der Waals surface area contributed by atoms with Gasteiger partial charge in [-0.05, 0) is 48.9 Å². The van der Waals surface area contributed by atoms with Crippen LogP contribution in [0.3, 0.4) is 0 Å². The van der Waals surface area contributed by atoms with E-state index in [2.05, 4.69) is 10.3 Å². The number of benzene rings is 2. The molecule has 1 aliphatic heterocycles. The minimum absolute atomic E-state index is 0.230. The van der Waals surface area contributed by atoms with Crippen LogP contribution in [0.4, 0.5) is 0 Å². The number of para-hydroxylation sites is 1. The highest BCUT2D eigenvalue weighted by Crippen LogP contribution is 2.26. The number of aryl methyl sites for hydroxylation is 1. The minimum atomic E-state index is -3.56. The predicted octanol–water partition coefficient (Wildman–Crippen LogP) is 3.75. The summed E-state index contributed by atoms with van der Waals surface area (Å²) in [4.78, 5) is 18.0. The van der Waals surface area contributed by atoms with E-state index in [0.29, 0.717) is 48.8 Å². The fourth-order valence-electron chi connectivity index (χ4n) is 4.05. The van der Waals surface area contributed by atoms with Crippen LogP contribution in [0.25, 0.3) is 22.4 Å². The molecule has 0 radical (unpaired) electrons. The molecule has 4 aromatic rings. The SMILES string of the molecule is Cc1ccc(-c2cc(C(=O)NCc3ccc(S(=O)(=O)N4CCOCC4)cc3)c3ccccc3n2)o1. The van der Waals surface area contributed by atoms with E-state index in [0.717, 1.165) is 16.7 Å². The highest BCUT2D eigenvalue weighted by atomic mass is 32.2. The summed E-state index contributed by atoms with van der Waals surface area (Å²) in [6, 6.07) is 19.5. The highest BCUT2D eigenvalue weighted by Gasteiger charge is 2.26. The molecule has 1 saturated heterocycles. The number of aromatic nitrogens is 1. The normalized spacial score (nSPS) is 14.8. The van der Waals surface area contributed by atoms with E-state index in [-0.39, 0.29) is 17.3 Å². The van der Waals surface area contributed by atoms with Crippen molar-refractivity contribution in [3.8, 4) is 11.5 Å². The number of sulfonamides is 1. The molecule has 2 aromatic heterocycles. The molecular formula is C26H25N3O5S. The van der Waals surface area contributed by atoms with E-state index in [1.54, 1.807) is 30.3 Å². The molecule has 1 amide bonds. The van der Waals surface area contributed by atoms with Crippen molar-refractivity contribution in [3.63, 3.8) is 0 Å². The molecule has 0 aliphatic carbocycles. The van der Waals surface area contributed by atoms with Gasteiger partial charge in [0.15, 0.2) is 5.76 Å². The van der Waals surface area contributed by atoms with Crippen LogP contribution in [-0.2, 0) is 21.3 Å². The minimum Gasteiger partial charge on any atom is -0.460 e. The van der Waals surface area contributed by atoms with Crippen LogP contribution in [0, 0.1) is 6.92 Å². The second kappa shape index (κ2) is 9.61. The Morgan fingerprint density at radius 2 is 1.77 bits per heavy atom. The summed E-state index contributed by atoms with van der Waals surface area (Å²) in [5.74, 6) is 1.11. The van der Waals surface area contributed by atoms with Crippen molar-refractivity contribution in [3.05, 3.63) is 83.6 Å². The number of nitrogens with one attached hydrogen (secondary N) is 1. The first-order valence-electron chi connectivity index (χ1n) is 11.3. The Bertz CT molecular complexity index is 1470. The van der Waals surface area contributed by atoms with Gasteiger partial charge in [0.25, 0.3) is 5.91 Å². The fraction of sp³-hybridized carbons (Fsp3) is 0.231. The van der Waals surface area contributed by atoms with Crippen LogP contribution in [0.2, 0.25) is 0 Å². The topological polar surface area (TPSA) is 102 Å². The maximum atomic E-state index is 13.2. The summed E-state index contributed by atoms with van der Waals surface area (Å²) in [6.07, 6.45) is 0. The van der Waals surface area contributed by atoms with E-state index < -0.39 is 10.0 Å². The van der Waals surface area contributed by atoms with Crippen LogP contribution >= 0.6 is 0 Å². The van der Waals surface area contributed by atoms with Gasteiger partial charge in [-0.15, -0.1) is 0 Å². The molecule has 1 N–H and O–H groups in total. The number of hydrogen-bond donors (Lipinski definition) is 1. The maximum Gasteiger partial charge on any atom is 0.252 e. The van der Waals surface area contributed by atoms with Crippen molar-refractivity contribution in [2.24, 2.45) is 0 Å². The lowest BCUT2D eigenvalue weighted by molar-refractivity contribution is 0.0730. The zero-order valence-electron chi connectivity index (χ0n) is 19.2. The van der Waals surface area contributed by atoms with E-state index in [1.807, 2.05) is 43.3 Å². The summed E-state index contributed by atoms with van der Waals surface area (Å²) >= 11 is 0. The largest absolute Gasteiger partial charge is 0.460 e. The summed E-state index contributed by atoms with van der Waals surface area (Å²) in [6.45, 7) is 3.60. The summed E-state index contributed by atoms with van der Waals surface area (Å²) < 4.78 is 38.0. The maximum absolute atomic E-state index is 13.2. The number of morpholine rings is 1. The average molecular weight is 492 g/mol. The molecule has 1 fully saturated rings. The molecule has 8 nitrogen and oxygen atoms in total. The van der Waals surface area contributed by atoms with Crippen molar-refractivity contribution < 1.29 is 22.4 Å². The van der Waals surface area contributed by atoms with Gasteiger partial charge in [0.2, 0.25) is 10.0 Å². The highest BCUT2D eigenvalue weighted by molar-refractivity contribution is 7.89. The third-order valence-corrected chi connectivity index (χ3v) is 7.85. The first kappa shape index (κ1) is 23.2. The molecule has 0 unspecified atom stereocenters. The summed E-state index contributed by atoms with van der Waals surface area (Å²) in [7, 11) is -3.56. The van der Waals surface area contributed by atoms with Crippen molar-refractivity contribution >= 4 is 26.8 Å². The number of ether oxygens (including phenoxy) is 1. The van der Waals surface area contributed by atoms with Crippen LogP contribution < -0.4 is 5.32 Å². The van der Waals surface area contributed by atoms with Crippen molar-refractivity contribution in [2.75, 3.05) is 26.3 Å². The van der Waals surface area contributed by atoms with Gasteiger partial charge >= 0.3 is 0 Å². The molecule has 0 bridgehead atoms. The van der Waals surface area contributed by atoms with Gasteiger partial charge in [0.1, 0.15) is 11.5 Å². The zero-order chi connectivity index (χ0) is 24.4. The van der Waals surface area contributed by atoms with Gasteiger partial charge in [-0.25, -0.2) is 13.4 Å². The Balaban J connectivity index is 1.34. The number of nitrogens with zero attached hydrogens (tertiary/aromatic N) is 2. The Labute approximate surface area is 203 Å². The standard InChI is InChI=1S/C26H25N3O5S/c1-18-6-11-25(34-18)24-16-22(21-4-2-3-5-23(21)28-24)26(30)27-17-19-7-9-20(10-8-19)35(31,32)29-12-14-33-15-13-29/h2-11,16H,12-15,17H2,1H3,(H,27,30). The molecule has 180 valence electrons. The van der Waals surface area contributed by atoms with Crippen LogP contribution in [0.15, 0.2) is 76.0 Å². The van der Waals surface area contributed by atoms with Crippen molar-refractivity contribution in [1.82, 2.24) is 14.6 Å². The lowest BCUT2D eigenvalue weighted by Gasteiger charge is -2.26. The van der Waals surface area contributed by atoms with E-state index in [4.69, 9.17) is 9.15 Å². The smallest absolute Gasteiger partial charge is 0.252 e. The third-order valence-electron chi connectivity index (χ3n) is 5.94. The van der Waals surface area contributed by atoms with Crippen molar-refractivity contribution in [2.45, 2.75) is 18.4 Å². The predicted molar refractivity (Wildman–Crippen MR) is 131 cm³/mol. The molecule has 2 aromatic carbocycles. The monoisotopic (exact) mass is 491 g/mol. The molecule has 5 rings (SSSR count). The number of amides is 1. The number of fused-ring (bicyclic) bond motifs is 1. The second-order valence-electron chi connectivity index (χ2n) is 8.33. The second-order valence-corrected chi connectivity index (χ2v) is 10.3. The first-order chi connectivity index (χ1) is 16.9. The van der Waals surface area contributed by atoms with Crippen LogP contribution in [0.5, 0.6) is 0 Å². The zero-order valence-corrected chi connectivity index (χ0v) is 20.0. The van der Waals surface area contributed by atoms with Gasteiger partial charge in [0.05, 0.1) is 29.2 Å². The number of pyridine rings is 1. The van der Waals surface area contributed by atoms with Gasteiger partial charge in [0, 0.05) is 25.0 Å². The van der Waals surface area contributed by atoms with Crippen LogP contribution in [-0.4, -0.2) is 49.9 Å². The average Bonchev–Trinajstić information content (AvgIpc) is 3.33. The molecule has 0 atom stereocenters. The molecule has 0 spiro atoms. The number of rotatable bonds is 6. The molecule has 3 heterocycles. The lowest BCUT2D eigenvalue weighted by atomic mass is 10.1. The quantitative estimate of drug-likeness (QED) is 0.441. The number of carbonyl (C=O) groups excluding carboxylic acids is 1. The Morgan fingerprint density at radius 3 is 2.49 bits per heavy atom.